The molecule has 2 aliphatic carbocycles. The van der Waals surface area contributed by atoms with Crippen LogP contribution in [0.15, 0.2) is 63.4 Å². The van der Waals surface area contributed by atoms with Crippen molar-refractivity contribution in [3.63, 3.8) is 0 Å². The summed E-state index contributed by atoms with van der Waals surface area (Å²) < 4.78 is 13.0. The van der Waals surface area contributed by atoms with Crippen molar-refractivity contribution in [2.75, 3.05) is 25.0 Å². The first kappa shape index (κ1) is 33.7. The van der Waals surface area contributed by atoms with Crippen LogP contribution in [0.5, 0.6) is 11.5 Å². The van der Waals surface area contributed by atoms with E-state index in [1.165, 1.54) is 25.7 Å². The first-order valence-corrected chi connectivity index (χ1v) is 17.4. The second-order valence-corrected chi connectivity index (χ2v) is 13.5. The van der Waals surface area contributed by atoms with E-state index in [0.717, 1.165) is 48.3 Å². The van der Waals surface area contributed by atoms with Gasteiger partial charge in [-0.3, -0.25) is 9.59 Å². The van der Waals surface area contributed by atoms with E-state index in [0.29, 0.717) is 57.7 Å². The molecule has 0 radical (unpaired) electrons. The smallest absolute Gasteiger partial charge is 0.238 e. The number of benzene rings is 2. The molecule has 2 aromatic rings. The van der Waals surface area contributed by atoms with Gasteiger partial charge in [-0.1, -0.05) is 38.3 Å². The van der Waals surface area contributed by atoms with Crippen LogP contribution < -0.4 is 25.4 Å². The molecule has 0 saturated heterocycles. The number of carbonyl (C=O) groups is 2. The number of ether oxygens (including phenoxy) is 2. The van der Waals surface area contributed by atoms with Crippen LogP contribution in [0.25, 0.3) is 0 Å². The molecule has 2 atom stereocenters. The number of dihydropyridines is 1. The summed E-state index contributed by atoms with van der Waals surface area (Å²) in [5, 5.41) is 19.9. The summed E-state index contributed by atoms with van der Waals surface area (Å²) in [6.45, 7) is 7.81. The summed E-state index contributed by atoms with van der Waals surface area (Å²) in [7, 11) is 0. The quantitative estimate of drug-likeness (QED) is 0.198. The molecular formula is C37H45BrN4O4. The van der Waals surface area contributed by atoms with E-state index in [2.05, 4.69) is 44.9 Å². The third kappa shape index (κ3) is 8.02. The zero-order chi connectivity index (χ0) is 32.6. The molecule has 8 nitrogen and oxygen atoms in total. The molecule has 0 spiro atoms. The molecule has 0 bridgehead atoms. The van der Waals surface area contributed by atoms with E-state index in [-0.39, 0.29) is 24.8 Å². The van der Waals surface area contributed by atoms with Gasteiger partial charge >= 0.3 is 0 Å². The van der Waals surface area contributed by atoms with Crippen molar-refractivity contribution >= 4 is 33.3 Å². The van der Waals surface area contributed by atoms with Crippen LogP contribution in [0, 0.1) is 23.2 Å². The van der Waals surface area contributed by atoms with Crippen molar-refractivity contribution in [3.05, 3.63) is 74.5 Å². The molecule has 3 N–H and O–H groups in total. The summed E-state index contributed by atoms with van der Waals surface area (Å²) >= 11 is 3.71. The van der Waals surface area contributed by atoms with Gasteiger partial charge in [0.25, 0.3) is 0 Å². The lowest BCUT2D eigenvalue weighted by molar-refractivity contribution is -0.117. The van der Waals surface area contributed by atoms with Crippen LogP contribution in [0.4, 0.5) is 5.69 Å². The Morgan fingerprint density at radius 3 is 2.65 bits per heavy atom. The van der Waals surface area contributed by atoms with E-state index in [4.69, 9.17) is 9.47 Å². The van der Waals surface area contributed by atoms with Crippen molar-refractivity contribution in [2.45, 2.75) is 84.7 Å². The number of allylic oxidation sites excluding steroid dienone is 4. The van der Waals surface area contributed by atoms with Gasteiger partial charge in [0.15, 0.2) is 17.3 Å². The molecule has 2 aromatic carbocycles. The monoisotopic (exact) mass is 688 g/mol. The topological polar surface area (TPSA) is 112 Å². The van der Waals surface area contributed by atoms with Gasteiger partial charge in [-0.15, -0.1) is 0 Å². The van der Waals surface area contributed by atoms with E-state index in [1.54, 1.807) is 0 Å². The van der Waals surface area contributed by atoms with Gasteiger partial charge in [0.05, 0.1) is 35.2 Å². The van der Waals surface area contributed by atoms with Crippen LogP contribution in [-0.2, 0) is 16.2 Å². The fourth-order valence-electron chi connectivity index (χ4n) is 7.07. The Morgan fingerprint density at radius 1 is 1.11 bits per heavy atom. The maximum Gasteiger partial charge on any atom is 0.238 e. The average molecular weight is 690 g/mol. The Kier molecular flexibility index (Phi) is 11.6. The van der Waals surface area contributed by atoms with Crippen LogP contribution >= 0.6 is 15.9 Å². The number of nitrogens with zero attached hydrogens (tertiary/aromatic N) is 1. The van der Waals surface area contributed by atoms with E-state index >= 15 is 0 Å². The first-order valence-electron chi connectivity index (χ1n) is 16.6. The molecule has 1 heterocycles. The molecule has 0 aromatic heterocycles. The molecule has 1 amide bonds. The number of anilines is 1. The van der Waals surface area contributed by atoms with Gasteiger partial charge in [-0.05, 0) is 109 Å². The number of ketones is 1. The Balaban J connectivity index is 1.32. The SMILES string of the molecule is CCCC1CC(=O)C2=C(C1)NC(C)=C(C#N)C2c1cc(Br)c(OCc2cccc(NC(=O)CNCC3CCCC3)c2)c(OCC)c1. The van der Waals surface area contributed by atoms with Gasteiger partial charge in [0.2, 0.25) is 5.91 Å². The van der Waals surface area contributed by atoms with Crippen LogP contribution in [0.2, 0.25) is 0 Å². The van der Waals surface area contributed by atoms with Crippen molar-refractivity contribution in [1.82, 2.24) is 10.6 Å². The maximum absolute atomic E-state index is 13.6. The number of halogens is 1. The number of hydrogen-bond acceptors (Lipinski definition) is 7. The lowest BCUT2D eigenvalue weighted by atomic mass is 9.72. The van der Waals surface area contributed by atoms with Crippen molar-refractivity contribution in [3.8, 4) is 17.6 Å². The van der Waals surface area contributed by atoms with Gasteiger partial charge in [-0.2, -0.15) is 5.26 Å². The molecule has 244 valence electrons. The Labute approximate surface area is 281 Å². The number of hydrogen-bond donors (Lipinski definition) is 3. The lowest BCUT2D eigenvalue weighted by Gasteiger charge is -2.35. The third-order valence-electron chi connectivity index (χ3n) is 9.18. The number of amides is 1. The molecule has 1 saturated carbocycles. The maximum atomic E-state index is 13.6. The van der Waals surface area contributed by atoms with Crippen LogP contribution in [0.3, 0.4) is 0 Å². The summed E-state index contributed by atoms with van der Waals surface area (Å²) in [4.78, 5) is 26.1. The van der Waals surface area contributed by atoms with Crippen molar-refractivity contribution < 1.29 is 19.1 Å². The summed E-state index contributed by atoms with van der Waals surface area (Å²) in [5.41, 5.74) is 5.35. The summed E-state index contributed by atoms with van der Waals surface area (Å²) in [6.07, 6.45) is 8.41. The zero-order valence-electron chi connectivity index (χ0n) is 27.1. The summed E-state index contributed by atoms with van der Waals surface area (Å²) in [6, 6.07) is 13.8. The average Bonchev–Trinajstić information content (AvgIpc) is 3.54. The van der Waals surface area contributed by atoms with E-state index in [9.17, 15) is 14.9 Å². The Bertz CT molecular complexity index is 1550. The molecule has 1 fully saturated rings. The highest BCUT2D eigenvalue weighted by Gasteiger charge is 2.39. The zero-order valence-corrected chi connectivity index (χ0v) is 28.7. The van der Waals surface area contributed by atoms with Gasteiger partial charge < -0.3 is 25.4 Å². The highest BCUT2D eigenvalue weighted by Crippen LogP contribution is 2.47. The predicted octanol–water partition coefficient (Wildman–Crippen LogP) is 7.66. The number of Topliss-reactive ketones (excluding diaryl/α,β-unsaturated/α-hetero) is 1. The minimum absolute atomic E-state index is 0.0671. The van der Waals surface area contributed by atoms with Gasteiger partial charge in [0, 0.05) is 29.1 Å². The standard InChI is InChI=1S/C37H45BrN4O4/c1-4-9-25-15-31-36(32(43)16-25)35(29(19-39)23(3)41-31)27-17-30(38)37(33(18-27)45-5-2)46-22-26-12-8-13-28(14-26)42-34(44)21-40-20-24-10-6-7-11-24/h8,12-14,17-18,24-25,35,40-41H,4-7,9-11,15-16,20-22H2,1-3H3,(H,42,44). The minimum atomic E-state index is -0.478. The first-order chi connectivity index (χ1) is 22.3. The van der Waals surface area contributed by atoms with Crippen molar-refractivity contribution in [2.24, 2.45) is 11.8 Å². The molecule has 2 unspecified atom stereocenters. The minimum Gasteiger partial charge on any atom is -0.490 e. The Morgan fingerprint density at radius 2 is 1.91 bits per heavy atom. The second-order valence-electron chi connectivity index (χ2n) is 12.7. The fourth-order valence-corrected chi connectivity index (χ4v) is 7.65. The van der Waals surface area contributed by atoms with Crippen LogP contribution in [0.1, 0.15) is 89.2 Å². The largest absolute Gasteiger partial charge is 0.490 e. The third-order valence-corrected chi connectivity index (χ3v) is 9.77. The normalized spacial score (nSPS) is 19.8. The number of nitriles is 1. The number of rotatable bonds is 13. The van der Waals surface area contributed by atoms with Crippen molar-refractivity contribution in [1.29, 1.82) is 5.26 Å². The Hall–Kier alpha value is -3.61. The predicted molar refractivity (Wildman–Crippen MR) is 183 cm³/mol. The molecule has 3 aliphatic rings. The second kappa shape index (κ2) is 15.8. The van der Waals surface area contributed by atoms with E-state index in [1.807, 2.05) is 50.2 Å². The summed E-state index contributed by atoms with van der Waals surface area (Å²) in [5.74, 6) is 1.62. The molecule has 9 heteroatoms. The number of nitrogens with one attached hydrogen (secondary N) is 3. The fraction of sp³-hybridized carbons (Fsp3) is 0.486. The highest BCUT2D eigenvalue weighted by molar-refractivity contribution is 9.10. The highest BCUT2D eigenvalue weighted by atomic mass is 79.9. The molecule has 46 heavy (non-hydrogen) atoms. The number of carbonyl (C=O) groups excluding carboxylic acids is 2. The van der Waals surface area contributed by atoms with Gasteiger partial charge in [0.1, 0.15) is 6.61 Å². The molecule has 5 rings (SSSR count). The molecule has 1 aliphatic heterocycles. The van der Waals surface area contributed by atoms with E-state index < -0.39 is 5.92 Å². The lowest BCUT2D eigenvalue weighted by Crippen LogP contribution is -2.34. The van der Waals surface area contributed by atoms with Gasteiger partial charge in [-0.25, -0.2) is 0 Å². The van der Waals surface area contributed by atoms with Crippen LogP contribution in [-0.4, -0.2) is 31.4 Å². The molecular weight excluding hydrogens is 644 g/mol.